The van der Waals surface area contributed by atoms with Crippen LogP contribution in [0.5, 0.6) is 0 Å². The van der Waals surface area contributed by atoms with Gasteiger partial charge in [0.1, 0.15) is 5.82 Å². The van der Waals surface area contributed by atoms with Gasteiger partial charge in [0.05, 0.1) is 10.6 Å². The maximum atomic E-state index is 12.2. The molecular formula is C24H36N4O2S2. The highest BCUT2D eigenvalue weighted by molar-refractivity contribution is 7.99. The highest BCUT2D eigenvalue weighted by Crippen LogP contribution is 2.32. The van der Waals surface area contributed by atoms with Crippen molar-refractivity contribution in [2.24, 2.45) is 7.05 Å². The van der Waals surface area contributed by atoms with Crippen LogP contribution >= 0.6 is 11.8 Å². The number of sulfone groups is 1. The Hall–Kier alpha value is -1.38. The lowest BCUT2D eigenvalue weighted by atomic mass is 9.89. The molecule has 1 aromatic carbocycles. The van der Waals surface area contributed by atoms with Crippen molar-refractivity contribution in [2.45, 2.75) is 74.3 Å². The molecule has 0 atom stereocenters. The van der Waals surface area contributed by atoms with Crippen molar-refractivity contribution >= 4 is 21.6 Å². The lowest BCUT2D eigenvalue weighted by Crippen LogP contribution is -2.27. The van der Waals surface area contributed by atoms with Gasteiger partial charge < -0.3 is 9.47 Å². The Bertz CT molecular complexity index is 1010. The minimum atomic E-state index is -3.14. The zero-order chi connectivity index (χ0) is 22.6. The van der Waals surface area contributed by atoms with E-state index < -0.39 is 9.84 Å². The predicted octanol–water partition coefficient (Wildman–Crippen LogP) is 4.24. The number of thioether (sulfide) groups is 1. The number of benzene rings is 1. The Morgan fingerprint density at radius 3 is 2.56 bits per heavy atom. The maximum absolute atomic E-state index is 12.2. The van der Waals surface area contributed by atoms with Gasteiger partial charge in [0.25, 0.3) is 0 Å². The molecule has 8 heteroatoms. The molecule has 1 fully saturated rings. The largest absolute Gasteiger partial charge is 0.309 e. The SMILES string of the molecule is CCS(=O)(=O)c1ccc2c(c1)CCN(CCCSc1nnc(C3CCCCC3)n1C)CC2. The third kappa shape index (κ3) is 5.57. The second-order valence-corrected chi connectivity index (χ2v) is 12.5. The quantitative estimate of drug-likeness (QED) is 0.419. The average molecular weight is 477 g/mol. The Labute approximate surface area is 197 Å². The lowest BCUT2D eigenvalue weighted by molar-refractivity contribution is 0.289. The van der Waals surface area contributed by atoms with Crippen LogP contribution in [0, 0.1) is 0 Å². The molecule has 2 heterocycles. The first-order valence-corrected chi connectivity index (χ1v) is 14.7. The average Bonchev–Trinajstić information content (AvgIpc) is 3.05. The predicted molar refractivity (Wildman–Crippen MR) is 130 cm³/mol. The van der Waals surface area contributed by atoms with Crippen molar-refractivity contribution in [3.05, 3.63) is 35.2 Å². The molecule has 0 N–H and O–H groups in total. The summed E-state index contributed by atoms with van der Waals surface area (Å²) in [6.45, 7) is 4.80. The van der Waals surface area contributed by atoms with Crippen molar-refractivity contribution in [3.8, 4) is 0 Å². The number of rotatable bonds is 8. The second-order valence-electron chi connectivity index (χ2n) is 9.11. The van der Waals surface area contributed by atoms with Gasteiger partial charge in [0.2, 0.25) is 0 Å². The first kappa shape index (κ1) is 23.8. The van der Waals surface area contributed by atoms with E-state index in [0.29, 0.717) is 10.8 Å². The van der Waals surface area contributed by atoms with Crippen LogP contribution in [0.4, 0.5) is 0 Å². The number of hydrogen-bond donors (Lipinski definition) is 0. The van der Waals surface area contributed by atoms with Gasteiger partial charge in [0, 0.05) is 31.8 Å². The third-order valence-electron chi connectivity index (χ3n) is 7.00. The normalized spacial score (nSPS) is 18.4. The molecule has 0 bridgehead atoms. The van der Waals surface area contributed by atoms with E-state index in [2.05, 4.69) is 26.7 Å². The van der Waals surface area contributed by atoms with Crippen LogP contribution in [-0.4, -0.2) is 59.2 Å². The van der Waals surface area contributed by atoms with Gasteiger partial charge >= 0.3 is 0 Å². The summed E-state index contributed by atoms with van der Waals surface area (Å²) in [5, 5.41) is 10.0. The first-order valence-electron chi connectivity index (χ1n) is 12.1. The number of aromatic nitrogens is 3. The molecule has 176 valence electrons. The van der Waals surface area contributed by atoms with E-state index in [1.54, 1.807) is 13.0 Å². The fraction of sp³-hybridized carbons (Fsp3) is 0.667. The van der Waals surface area contributed by atoms with Crippen LogP contribution < -0.4 is 0 Å². The molecule has 0 amide bonds. The Morgan fingerprint density at radius 1 is 1.06 bits per heavy atom. The minimum absolute atomic E-state index is 0.156. The summed E-state index contributed by atoms with van der Waals surface area (Å²) in [5.74, 6) is 2.95. The second kappa shape index (κ2) is 10.7. The van der Waals surface area contributed by atoms with Crippen LogP contribution in [0.2, 0.25) is 0 Å². The topological polar surface area (TPSA) is 68.1 Å². The van der Waals surface area contributed by atoms with Crippen LogP contribution in [0.1, 0.15) is 68.3 Å². The van der Waals surface area contributed by atoms with Gasteiger partial charge in [0.15, 0.2) is 15.0 Å². The molecule has 1 aliphatic heterocycles. The van der Waals surface area contributed by atoms with Gasteiger partial charge in [-0.15, -0.1) is 10.2 Å². The van der Waals surface area contributed by atoms with Crippen molar-refractivity contribution < 1.29 is 8.42 Å². The van der Waals surface area contributed by atoms with Crippen molar-refractivity contribution in [1.29, 1.82) is 0 Å². The van der Waals surface area contributed by atoms with Crippen molar-refractivity contribution in [2.75, 3.05) is 31.1 Å². The molecule has 0 unspecified atom stereocenters. The highest BCUT2D eigenvalue weighted by Gasteiger charge is 2.22. The standard InChI is InChI=1S/C24H36N4O2S2/c1-3-32(29,30)22-11-10-19-12-15-28(16-13-21(19)18-22)14-7-17-31-24-26-25-23(27(24)2)20-8-5-4-6-9-20/h10-11,18,20H,3-9,12-17H2,1-2H3. The molecule has 1 aromatic heterocycles. The Morgan fingerprint density at radius 2 is 1.81 bits per heavy atom. The maximum Gasteiger partial charge on any atom is 0.190 e. The summed E-state index contributed by atoms with van der Waals surface area (Å²) in [6.07, 6.45) is 9.51. The summed E-state index contributed by atoms with van der Waals surface area (Å²) in [7, 11) is -1.02. The van der Waals surface area contributed by atoms with E-state index in [4.69, 9.17) is 0 Å². The first-order chi connectivity index (χ1) is 15.5. The van der Waals surface area contributed by atoms with Gasteiger partial charge in [-0.05, 0) is 61.9 Å². The molecule has 2 aromatic rings. The molecular weight excluding hydrogens is 440 g/mol. The molecule has 2 aliphatic rings. The molecule has 32 heavy (non-hydrogen) atoms. The van der Waals surface area contributed by atoms with Gasteiger partial charge in [-0.25, -0.2) is 8.42 Å². The zero-order valence-corrected chi connectivity index (χ0v) is 21.1. The van der Waals surface area contributed by atoms with Crippen LogP contribution in [0.25, 0.3) is 0 Å². The van der Waals surface area contributed by atoms with Crippen LogP contribution in [0.3, 0.4) is 0 Å². The van der Waals surface area contributed by atoms with Gasteiger partial charge in [-0.2, -0.15) is 0 Å². The third-order valence-corrected chi connectivity index (χ3v) is 9.84. The van der Waals surface area contributed by atoms with E-state index >= 15 is 0 Å². The number of nitrogens with zero attached hydrogens (tertiary/aromatic N) is 4. The molecule has 1 saturated carbocycles. The van der Waals surface area contributed by atoms with Crippen LogP contribution in [0.15, 0.2) is 28.3 Å². The summed E-state index contributed by atoms with van der Waals surface area (Å²) < 4.78 is 26.7. The smallest absolute Gasteiger partial charge is 0.190 e. The van der Waals surface area contributed by atoms with Crippen LogP contribution in [-0.2, 0) is 29.7 Å². The number of fused-ring (bicyclic) bond motifs is 1. The van der Waals surface area contributed by atoms with Crippen molar-refractivity contribution in [3.63, 3.8) is 0 Å². The van der Waals surface area contributed by atoms with E-state index in [1.165, 1.54) is 49.1 Å². The fourth-order valence-electron chi connectivity index (χ4n) is 4.95. The monoisotopic (exact) mass is 476 g/mol. The van der Waals surface area contributed by atoms with Gasteiger partial charge in [-0.3, -0.25) is 0 Å². The minimum Gasteiger partial charge on any atom is -0.309 e. The Kier molecular flexibility index (Phi) is 7.95. The molecule has 1 aliphatic carbocycles. The molecule has 0 spiro atoms. The summed E-state index contributed by atoms with van der Waals surface area (Å²) in [6, 6.07) is 5.72. The van der Waals surface area contributed by atoms with Gasteiger partial charge in [-0.1, -0.05) is 44.0 Å². The number of hydrogen-bond acceptors (Lipinski definition) is 6. The van der Waals surface area contributed by atoms with Crippen molar-refractivity contribution in [1.82, 2.24) is 19.7 Å². The fourth-order valence-corrected chi connectivity index (χ4v) is 6.72. The zero-order valence-electron chi connectivity index (χ0n) is 19.4. The summed E-state index contributed by atoms with van der Waals surface area (Å²) in [4.78, 5) is 2.98. The highest BCUT2D eigenvalue weighted by atomic mass is 32.2. The van der Waals surface area contributed by atoms with E-state index in [9.17, 15) is 8.42 Å². The van der Waals surface area contributed by atoms with E-state index in [0.717, 1.165) is 49.8 Å². The van der Waals surface area contributed by atoms with E-state index in [1.807, 2.05) is 23.9 Å². The summed E-state index contributed by atoms with van der Waals surface area (Å²) >= 11 is 1.82. The van der Waals surface area contributed by atoms with E-state index in [-0.39, 0.29) is 5.75 Å². The lowest BCUT2D eigenvalue weighted by Gasteiger charge is -2.20. The molecule has 6 nitrogen and oxygen atoms in total. The molecule has 0 saturated heterocycles. The summed E-state index contributed by atoms with van der Waals surface area (Å²) in [5.41, 5.74) is 2.50. The molecule has 4 rings (SSSR count). The molecule has 0 radical (unpaired) electrons. The Balaban J connectivity index is 1.25.